The maximum Gasteiger partial charge on any atom is 0.340 e. The number of phenolic OH excluding ortho intramolecular Hbond substituents is 1. The molecule has 0 bridgehead atoms. The molecule has 0 heterocycles. The molecule has 0 unspecified atom stereocenters. The van der Waals surface area contributed by atoms with Crippen LogP contribution in [0, 0.1) is 4.91 Å². The quantitative estimate of drug-likeness (QED) is 0.555. The second-order valence-electron chi connectivity index (χ2n) is 2.28. The molecule has 5 nitrogen and oxygen atoms in total. The Labute approximate surface area is 73.9 Å². The summed E-state index contributed by atoms with van der Waals surface area (Å²) >= 11 is 0. The summed E-state index contributed by atoms with van der Waals surface area (Å²) in [5.41, 5.74) is -0.0952. The van der Waals surface area contributed by atoms with E-state index in [9.17, 15) is 9.70 Å². The largest absolute Gasteiger partial charge is 0.508 e. The third-order valence-corrected chi connectivity index (χ3v) is 1.48. The average Bonchev–Trinajstić information content (AvgIpc) is 2.16. The standard InChI is InChI=1S/C8H7NO4/c1-13-8(11)6-4-5(10)2-3-7(6)9-12/h2-4,10H,1H3. The van der Waals surface area contributed by atoms with E-state index in [1.165, 1.54) is 19.2 Å². The van der Waals surface area contributed by atoms with E-state index in [4.69, 9.17) is 5.11 Å². The van der Waals surface area contributed by atoms with Crippen molar-refractivity contribution in [2.24, 2.45) is 5.18 Å². The van der Waals surface area contributed by atoms with Crippen molar-refractivity contribution in [3.05, 3.63) is 28.7 Å². The molecule has 13 heavy (non-hydrogen) atoms. The van der Waals surface area contributed by atoms with Crippen molar-refractivity contribution < 1.29 is 14.6 Å². The SMILES string of the molecule is COC(=O)c1cc(O)ccc1N=O. The van der Waals surface area contributed by atoms with E-state index in [-0.39, 0.29) is 17.0 Å². The Morgan fingerprint density at radius 1 is 1.54 bits per heavy atom. The van der Waals surface area contributed by atoms with Crippen LogP contribution in [0.2, 0.25) is 0 Å². The highest BCUT2D eigenvalue weighted by molar-refractivity contribution is 5.95. The second kappa shape index (κ2) is 3.66. The van der Waals surface area contributed by atoms with Gasteiger partial charge in [0.05, 0.1) is 12.7 Å². The maximum absolute atomic E-state index is 11.0. The molecule has 0 aliphatic heterocycles. The van der Waals surface area contributed by atoms with Crippen molar-refractivity contribution in [1.82, 2.24) is 0 Å². The van der Waals surface area contributed by atoms with Crippen molar-refractivity contribution in [1.29, 1.82) is 0 Å². The summed E-state index contributed by atoms with van der Waals surface area (Å²) in [5, 5.41) is 11.6. The number of hydrogen-bond acceptors (Lipinski definition) is 5. The van der Waals surface area contributed by atoms with Gasteiger partial charge in [0.25, 0.3) is 0 Å². The Morgan fingerprint density at radius 3 is 2.77 bits per heavy atom. The van der Waals surface area contributed by atoms with Gasteiger partial charge in [-0.2, -0.15) is 0 Å². The highest BCUT2D eigenvalue weighted by Gasteiger charge is 2.12. The number of phenols is 1. The predicted octanol–water partition coefficient (Wildman–Crippen LogP) is 1.58. The van der Waals surface area contributed by atoms with Gasteiger partial charge >= 0.3 is 5.97 Å². The van der Waals surface area contributed by atoms with Crippen LogP contribution in [-0.4, -0.2) is 18.2 Å². The number of benzene rings is 1. The van der Waals surface area contributed by atoms with Crippen LogP contribution in [0.25, 0.3) is 0 Å². The monoisotopic (exact) mass is 181 g/mol. The second-order valence-corrected chi connectivity index (χ2v) is 2.28. The van der Waals surface area contributed by atoms with Crippen LogP contribution in [-0.2, 0) is 4.74 Å². The van der Waals surface area contributed by atoms with Gasteiger partial charge in [-0.15, -0.1) is 4.91 Å². The third-order valence-electron chi connectivity index (χ3n) is 1.48. The number of aromatic hydroxyl groups is 1. The zero-order valence-electron chi connectivity index (χ0n) is 6.85. The van der Waals surface area contributed by atoms with Crippen molar-refractivity contribution in [3.8, 4) is 5.75 Å². The van der Waals surface area contributed by atoms with Gasteiger partial charge in [-0.3, -0.25) is 0 Å². The van der Waals surface area contributed by atoms with Gasteiger partial charge in [0.1, 0.15) is 11.4 Å². The summed E-state index contributed by atoms with van der Waals surface area (Å²) in [6.45, 7) is 0. The highest BCUT2D eigenvalue weighted by Crippen LogP contribution is 2.23. The van der Waals surface area contributed by atoms with Gasteiger partial charge in [-0.05, 0) is 23.4 Å². The summed E-state index contributed by atoms with van der Waals surface area (Å²) in [4.78, 5) is 21.2. The number of ether oxygens (including phenoxy) is 1. The van der Waals surface area contributed by atoms with E-state index in [2.05, 4.69) is 9.91 Å². The topological polar surface area (TPSA) is 76.0 Å². The minimum Gasteiger partial charge on any atom is -0.508 e. The summed E-state index contributed by atoms with van der Waals surface area (Å²) in [5.74, 6) is -0.821. The molecule has 1 aromatic carbocycles. The lowest BCUT2D eigenvalue weighted by Gasteiger charge is -2.01. The number of nitrogens with zero attached hydrogens (tertiary/aromatic N) is 1. The predicted molar refractivity (Wildman–Crippen MR) is 44.9 cm³/mol. The molecule has 0 spiro atoms. The Balaban J connectivity index is 3.23. The molecule has 0 aliphatic rings. The zero-order valence-corrected chi connectivity index (χ0v) is 6.85. The Bertz CT molecular complexity index is 348. The smallest absolute Gasteiger partial charge is 0.340 e. The summed E-state index contributed by atoms with van der Waals surface area (Å²) in [6, 6.07) is 3.64. The first-order chi connectivity index (χ1) is 6.19. The number of nitroso groups, excluding NO2 is 1. The van der Waals surface area contributed by atoms with E-state index in [1.54, 1.807) is 0 Å². The van der Waals surface area contributed by atoms with Crippen molar-refractivity contribution in [2.45, 2.75) is 0 Å². The van der Waals surface area contributed by atoms with Gasteiger partial charge in [0.15, 0.2) is 0 Å². The molecule has 0 saturated carbocycles. The maximum atomic E-state index is 11.0. The molecule has 0 aliphatic carbocycles. The van der Waals surface area contributed by atoms with Crippen molar-refractivity contribution in [3.63, 3.8) is 0 Å². The van der Waals surface area contributed by atoms with Crippen LogP contribution in [0.5, 0.6) is 5.75 Å². The first-order valence-corrected chi connectivity index (χ1v) is 3.43. The lowest BCUT2D eigenvalue weighted by Crippen LogP contribution is -2.00. The first-order valence-electron chi connectivity index (χ1n) is 3.43. The normalized spacial score (nSPS) is 9.31. The van der Waals surface area contributed by atoms with E-state index in [0.717, 1.165) is 6.07 Å². The Morgan fingerprint density at radius 2 is 2.23 bits per heavy atom. The van der Waals surface area contributed by atoms with Crippen LogP contribution in [0.1, 0.15) is 10.4 Å². The molecule has 0 atom stereocenters. The number of hydrogen-bond donors (Lipinski definition) is 1. The van der Waals surface area contributed by atoms with Gasteiger partial charge < -0.3 is 9.84 Å². The Hall–Kier alpha value is -1.91. The number of esters is 1. The van der Waals surface area contributed by atoms with Crippen LogP contribution in [0.4, 0.5) is 5.69 Å². The van der Waals surface area contributed by atoms with Crippen molar-refractivity contribution in [2.75, 3.05) is 7.11 Å². The molecule has 0 saturated heterocycles. The zero-order chi connectivity index (χ0) is 9.84. The number of methoxy groups -OCH3 is 1. The van der Waals surface area contributed by atoms with Gasteiger partial charge in [-0.1, -0.05) is 0 Å². The fraction of sp³-hybridized carbons (Fsp3) is 0.125. The van der Waals surface area contributed by atoms with Gasteiger partial charge in [-0.25, -0.2) is 4.79 Å². The number of rotatable bonds is 2. The first kappa shape index (κ1) is 9.18. The fourth-order valence-corrected chi connectivity index (χ4v) is 0.877. The van der Waals surface area contributed by atoms with E-state index in [1.807, 2.05) is 0 Å². The van der Waals surface area contributed by atoms with Gasteiger partial charge in [0.2, 0.25) is 0 Å². The molecule has 1 aromatic rings. The Kier molecular flexibility index (Phi) is 2.59. The molecule has 5 heteroatoms. The lowest BCUT2D eigenvalue weighted by molar-refractivity contribution is 0.0601. The van der Waals surface area contributed by atoms with E-state index >= 15 is 0 Å². The van der Waals surface area contributed by atoms with Gasteiger partial charge in [0, 0.05) is 0 Å². The molecular formula is C8H7NO4. The lowest BCUT2D eigenvalue weighted by atomic mass is 10.2. The van der Waals surface area contributed by atoms with Crippen LogP contribution < -0.4 is 0 Å². The molecule has 1 N–H and O–H groups in total. The molecule has 0 amide bonds. The van der Waals surface area contributed by atoms with Crippen LogP contribution in [0.3, 0.4) is 0 Å². The number of carbonyl (C=O) groups is 1. The third kappa shape index (κ3) is 1.81. The molecule has 0 radical (unpaired) electrons. The highest BCUT2D eigenvalue weighted by atomic mass is 16.5. The summed E-state index contributed by atoms with van der Waals surface area (Å²) < 4.78 is 4.38. The van der Waals surface area contributed by atoms with E-state index in [0.29, 0.717) is 0 Å². The minimum absolute atomic E-state index is 0.0440. The molecule has 0 aromatic heterocycles. The fourth-order valence-electron chi connectivity index (χ4n) is 0.877. The van der Waals surface area contributed by atoms with E-state index < -0.39 is 5.97 Å². The number of carbonyl (C=O) groups excluding carboxylic acids is 1. The van der Waals surface area contributed by atoms with Crippen LogP contribution in [0.15, 0.2) is 23.4 Å². The van der Waals surface area contributed by atoms with Crippen molar-refractivity contribution >= 4 is 11.7 Å². The summed E-state index contributed by atoms with van der Waals surface area (Å²) in [7, 11) is 1.18. The van der Waals surface area contributed by atoms with Crippen LogP contribution >= 0.6 is 0 Å². The average molecular weight is 181 g/mol. The molecule has 1 rings (SSSR count). The minimum atomic E-state index is -0.703. The molecule has 0 fully saturated rings. The summed E-state index contributed by atoms with van der Waals surface area (Å²) in [6.07, 6.45) is 0. The molecule has 68 valence electrons. The molecular weight excluding hydrogens is 174 g/mol.